The molecule has 1 amide bonds. The fourth-order valence-electron chi connectivity index (χ4n) is 2.51. The lowest BCUT2D eigenvalue weighted by Gasteiger charge is -2.09. The summed E-state index contributed by atoms with van der Waals surface area (Å²) in [6.45, 7) is 5.96. The van der Waals surface area contributed by atoms with E-state index in [-0.39, 0.29) is 5.91 Å². The van der Waals surface area contributed by atoms with E-state index in [1.807, 2.05) is 43.3 Å². The standard InChI is InChI=1S/C17H18N4O2/c1-11-9-15(18-17(22)16-12(2)20-23-13(16)3)21(19-11)10-14-7-5-4-6-8-14/h4-9H,10H2,1-3H3,(H,18,22). The van der Waals surface area contributed by atoms with Crippen molar-refractivity contribution < 1.29 is 9.32 Å². The zero-order valence-corrected chi connectivity index (χ0v) is 13.3. The van der Waals surface area contributed by atoms with Gasteiger partial charge in [-0.3, -0.25) is 4.79 Å². The second-order valence-electron chi connectivity index (χ2n) is 5.47. The molecular weight excluding hydrogens is 292 g/mol. The van der Waals surface area contributed by atoms with Crippen molar-refractivity contribution in [2.45, 2.75) is 27.3 Å². The van der Waals surface area contributed by atoms with Gasteiger partial charge in [0.25, 0.3) is 5.91 Å². The summed E-state index contributed by atoms with van der Waals surface area (Å²) >= 11 is 0. The Morgan fingerprint density at radius 2 is 1.96 bits per heavy atom. The Kier molecular flexibility index (Phi) is 3.97. The molecule has 0 atom stereocenters. The number of nitrogens with zero attached hydrogens (tertiary/aromatic N) is 3. The molecule has 0 spiro atoms. The number of carbonyl (C=O) groups excluding carboxylic acids is 1. The molecule has 0 saturated heterocycles. The van der Waals surface area contributed by atoms with Crippen molar-refractivity contribution in [2.75, 3.05) is 5.32 Å². The van der Waals surface area contributed by atoms with Crippen LogP contribution in [-0.4, -0.2) is 20.8 Å². The topological polar surface area (TPSA) is 73.0 Å². The third kappa shape index (κ3) is 3.15. The van der Waals surface area contributed by atoms with E-state index in [0.29, 0.717) is 29.4 Å². The van der Waals surface area contributed by atoms with Crippen molar-refractivity contribution in [3.05, 3.63) is 64.7 Å². The normalized spacial score (nSPS) is 10.7. The van der Waals surface area contributed by atoms with Crippen molar-refractivity contribution in [2.24, 2.45) is 0 Å². The minimum Gasteiger partial charge on any atom is -0.361 e. The first-order valence-electron chi connectivity index (χ1n) is 7.37. The fourth-order valence-corrected chi connectivity index (χ4v) is 2.51. The van der Waals surface area contributed by atoms with Crippen LogP contribution in [0.5, 0.6) is 0 Å². The number of benzene rings is 1. The second-order valence-corrected chi connectivity index (χ2v) is 5.47. The highest BCUT2D eigenvalue weighted by Gasteiger charge is 2.19. The van der Waals surface area contributed by atoms with Gasteiger partial charge in [-0.2, -0.15) is 5.10 Å². The molecule has 2 aromatic heterocycles. The van der Waals surface area contributed by atoms with Crippen LogP contribution in [-0.2, 0) is 6.54 Å². The van der Waals surface area contributed by atoms with E-state index in [9.17, 15) is 4.79 Å². The minimum atomic E-state index is -0.240. The van der Waals surface area contributed by atoms with Crippen LogP contribution in [0.15, 0.2) is 40.9 Å². The molecule has 6 nitrogen and oxygen atoms in total. The number of hydrogen-bond acceptors (Lipinski definition) is 4. The molecule has 23 heavy (non-hydrogen) atoms. The number of aryl methyl sites for hydroxylation is 3. The first kappa shape index (κ1) is 15.0. The third-order valence-electron chi connectivity index (χ3n) is 3.58. The van der Waals surface area contributed by atoms with Gasteiger partial charge in [0.05, 0.1) is 17.9 Å². The van der Waals surface area contributed by atoms with Crippen molar-refractivity contribution in [1.29, 1.82) is 0 Å². The van der Waals surface area contributed by atoms with Crippen LogP contribution in [0.25, 0.3) is 0 Å². The molecule has 3 aromatic rings. The average molecular weight is 310 g/mol. The predicted molar refractivity (Wildman–Crippen MR) is 86.4 cm³/mol. The summed E-state index contributed by atoms with van der Waals surface area (Å²) in [6.07, 6.45) is 0. The van der Waals surface area contributed by atoms with Crippen molar-refractivity contribution in [3.63, 3.8) is 0 Å². The fraction of sp³-hybridized carbons (Fsp3) is 0.235. The Bertz CT molecular complexity index is 814. The molecule has 2 heterocycles. The van der Waals surface area contributed by atoms with E-state index in [1.54, 1.807) is 18.5 Å². The van der Waals surface area contributed by atoms with Gasteiger partial charge in [0, 0.05) is 6.07 Å². The Morgan fingerprint density at radius 3 is 2.61 bits per heavy atom. The zero-order chi connectivity index (χ0) is 16.4. The van der Waals surface area contributed by atoms with Crippen LogP contribution in [0.1, 0.15) is 33.1 Å². The van der Waals surface area contributed by atoms with E-state index < -0.39 is 0 Å². The summed E-state index contributed by atoms with van der Waals surface area (Å²) in [6, 6.07) is 11.8. The van der Waals surface area contributed by atoms with Crippen LogP contribution in [0, 0.1) is 20.8 Å². The van der Waals surface area contributed by atoms with E-state index in [2.05, 4.69) is 15.6 Å². The van der Waals surface area contributed by atoms with Crippen LogP contribution >= 0.6 is 0 Å². The lowest BCUT2D eigenvalue weighted by Crippen LogP contribution is -2.17. The number of anilines is 1. The molecule has 1 aromatic carbocycles. The largest absolute Gasteiger partial charge is 0.361 e. The smallest absolute Gasteiger partial charge is 0.262 e. The summed E-state index contributed by atoms with van der Waals surface area (Å²) in [7, 11) is 0. The molecule has 0 unspecified atom stereocenters. The highest BCUT2D eigenvalue weighted by molar-refractivity contribution is 6.05. The van der Waals surface area contributed by atoms with E-state index in [1.165, 1.54) is 0 Å². The van der Waals surface area contributed by atoms with Gasteiger partial charge in [-0.25, -0.2) is 4.68 Å². The number of rotatable bonds is 4. The van der Waals surface area contributed by atoms with Gasteiger partial charge in [-0.1, -0.05) is 35.5 Å². The van der Waals surface area contributed by atoms with Crippen molar-refractivity contribution in [3.8, 4) is 0 Å². The maximum absolute atomic E-state index is 12.5. The van der Waals surface area contributed by atoms with E-state index in [0.717, 1.165) is 11.3 Å². The van der Waals surface area contributed by atoms with Crippen LogP contribution in [0.2, 0.25) is 0 Å². The summed E-state index contributed by atoms with van der Waals surface area (Å²) in [5.41, 5.74) is 3.00. The first-order valence-corrected chi connectivity index (χ1v) is 7.37. The number of amides is 1. The quantitative estimate of drug-likeness (QED) is 0.803. The molecule has 6 heteroatoms. The molecule has 0 radical (unpaired) electrons. The number of nitrogens with one attached hydrogen (secondary N) is 1. The Morgan fingerprint density at radius 1 is 1.22 bits per heavy atom. The molecular formula is C17H18N4O2. The average Bonchev–Trinajstić information content (AvgIpc) is 3.02. The first-order chi connectivity index (χ1) is 11.0. The van der Waals surface area contributed by atoms with Gasteiger partial charge in [-0.15, -0.1) is 0 Å². The highest BCUT2D eigenvalue weighted by Crippen LogP contribution is 2.17. The van der Waals surface area contributed by atoms with Gasteiger partial charge < -0.3 is 9.84 Å². The molecule has 118 valence electrons. The van der Waals surface area contributed by atoms with Crippen molar-refractivity contribution in [1.82, 2.24) is 14.9 Å². The van der Waals surface area contributed by atoms with Gasteiger partial charge in [0.1, 0.15) is 17.1 Å². The lowest BCUT2D eigenvalue weighted by molar-refractivity contribution is 0.102. The SMILES string of the molecule is Cc1cc(NC(=O)c2c(C)noc2C)n(Cc2ccccc2)n1. The zero-order valence-electron chi connectivity index (χ0n) is 13.3. The second kappa shape index (κ2) is 6.08. The van der Waals surface area contributed by atoms with Gasteiger partial charge in [-0.05, 0) is 26.3 Å². The van der Waals surface area contributed by atoms with Crippen LogP contribution < -0.4 is 5.32 Å². The molecule has 1 N–H and O–H groups in total. The van der Waals surface area contributed by atoms with Crippen LogP contribution in [0.3, 0.4) is 0 Å². The summed E-state index contributed by atoms with van der Waals surface area (Å²) in [4.78, 5) is 12.5. The lowest BCUT2D eigenvalue weighted by atomic mass is 10.2. The minimum absolute atomic E-state index is 0.240. The van der Waals surface area contributed by atoms with Crippen molar-refractivity contribution >= 4 is 11.7 Å². The molecule has 3 rings (SSSR count). The van der Waals surface area contributed by atoms with E-state index in [4.69, 9.17) is 4.52 Å². The highest BCUT2D eigenvalue weighted by atomic mass is 16.5. The molecule has 0 bridgehead atoms. The maximum atomic E-state index is 12.5. The third-order valence-corrected chi connectivity index (χ3v) is 3.58. The summed E-state index contributed by atoms with van der Waals surface area (Å²) in [5, 5.41) is 11.2. The molecule has 0 saturated carbocycles. The molecule has 0 aliphatic rings. The molecule has 0 fully saturated rings. The van der Waals surface area contributed by atoms with Gasteiger partial charge in [0.2, 0.25) is 0 Å². The Hall–Kier alpha value is -2.89. The van der Waals surface area contributed by atoms with Gasteiger partial charge >= 0.3 is 0 Å². The van der Waals surface area contributed by atoms with Crippen LogP contribution in [0.4, 0.5) is 5.82 Å². The number of hydrogen-bond donors (Lipinski definition) is 1. The molecule has 0 aliphatic heterocycles. The monoisotopic (exact) mass is 310 g/mol. The summed E-state index contributed by atoms with van der Waals surface area (Å²) < 4.78 is 6.83. The Labute approximate surface area is 134 Å². The summed E-state index contributed by atoms with van der Waals surface area (Å²) in [5.74, 6) is 0.915. The maximum Gasteiger partial charge on any atom is 0.262 e. The van der Waals surface area contributed by atoms with Gasteiger partial charge in [0.15, 0.2) is 0 Å². The molecule has 0 aliphatic carbocycles. The predicted octanol–water partition coefficient (Wildman–Crippen LogP) is 3.10. The number of aromatic nitrogens is 3. The number of carbonyl (C=O) groups is 1. The Balaban J connectivity index is 1.85. The van der Waals surface area contributed by atoms with E-state index >= 15 is 0 Å².